The van der Waals surface area contributed by atoms with Crippen molar-refractivity contribution in [2.45, 2.75) is 44.9 Å². The van der Waals surface area contributed by atoms with Crippen LogP contribution in [0.5, 0.6) is 0 Å². The first-order chi connectivity index (χ1) is 12.6. The van der Waals surface area contributed by atoms with Gasteiger partial charge in [-0.3, -0.25) is 0 Å². The minimum absolute atomic E-state index is 0.244. The summed E-state index contributed by atoms with van der Waals surface area (Å²) in [7, 11) is -3.54. The van der Waals surface area contributed by atoms with E-state index >= 15 is 0 Å². The van der Waals surface area contributed by atoms with Gasteiger partial charge in [0.05, 0.1) is 9.80 Å². The van der Waals surface area contributed by atoms with E-state index < -0.39 is 15.8 Å². The monoisotopic (exact) mass is 386 g/mol. The molecular weight excluding hydrogens is 360 g/mol. The van der Waals surface area contributed by atoms with Gasteiger partial charge >= 0.3 is 5.97 Å². The van der Waals surface area contributed by atoms with E-state index in [1.165, 1.54) is 0 Å². The summed E-state index contributed by atoms with van der Waals surface area (Å²) in [5, 5.41) is 8.74. The van der Waals surface area contributed by atoms with E-state index in [0.29, 0.717) is 21.8 Å². The van der Waals surface area contributed by atoms with Crippen molar-refractivity contribution >= 4 is 15.8 Å². The Kier molecular flexibility index (Phi) is 6.60. The molecule has 0 saturated carbocycles. The third-order valence-corrected chi connectivity index (χ3v) is 6.66. The highest BCUT2D eigenvalue weighted by molar-refractivity contribution is 7.95. The topological polar surface area (TPSA) is 71.4 Å². The van der Waals surface area contributed by atoms with Gasteiger partial charge in [-0.2, -0.15) is 0 Å². The van der Waals surface area contributed by atoms with Gasteiger partial charge in [-0.15, -0.1) is 0 Å². The maximum absolute atomic E-state index is 13.2. The van der Waals surface area contributed by atoms with Crippen LogP contribution in [0.2, 0.25) is 0 Å². The number of benzene rings is 1. The average molecular weight is 387 g/mol. The number of rotatable bonds is 6. The molecule has 0 aromatic heterocycles. The fraction of sp³-hybridized carbons (Fsp3) is 0.318. The Morgan fingerprint density at radius 1 is 1.15 bits per heavy atom. The van der Waals surface area contributed by atoms with E-state index in [9.17, 15) is 13.2 Å². The largest absolute Gasteiger partial charge is 0.478 e. The number of allylic oxidation sites excluding steroid dienone is 7. The number of carboxylic acid groups (broad SMARTS) is 1. The molecule has 0 heterocycles. The van der Waals surface area contributed by atoms with Crippen molar-refractivity contribution in [2.24, 2.45) is 5.41 Å². The molecule has 0 bridgehead atoms. The van der Waals surface area contributed by atoms with Gasteiger partial charge in [0.15, 0.2) is 0 Å². The summed E-state index contributed by atoms with van der Waals surface area (Å²) in [6, 6.07) is 8.53. The van der Waals surface area contributed by atoms with Crippen molar-refractivity contribution in [3.8, 4) is 0 Å². The summed E-state index contributed by atoms with van der Waals surface area (Å²) in [4.78, 5) is 11.5. The highest BCUT2D eigenvalue weighted by Crippen LogP contribution is 2.44. The maximum atomic E-state index is 13.2. The van der Waals surface area contributed by atoms with Crippen LogP contribution >= 0.6 is 0 Å². The van der Waals surface area contributed by atoms with Gasteiger partial charge in [-0.25, -0.2) is 13.2 Å². The summed E-state index contributed by atoms with van der Waals surface area (Å²) in [5.74, 6) is -0.992. The van der Waals surface area contributed by atoms with Crippen molar-refractivity contribution in [1.82, 2.24) is 0 Å². The zero-order valence-electron chi connectivity index (χ0n) is 16.0. The molecule has 1 aliphatic carbocycles. The lowest BCUT2D eigenvalue weighted by Crippen LogP contribution is -2.23. The lowest BCUT2D eigenvalue weighted by molar-refractivity contribution is -0.131. The van der Waals surface area contributed by atoms with Crippen LogP contribution in [0.4, 0.5) is 0 Å². The van der Waals surface area contributed by atoms with Gasteiger partial charge in [0.2, 0.25) is 9.84 Å². The van der Waals surface area contributed by atoms with E-state index in [2.05, 4.69) is 13.8 Å². The fourth-order valence-electron chi connectivity index (χ4n) is 3.28. The van der Waals surface area contributed by atoms with Crippen LogP contribution in [-0.4, -0.2) is 19.5 Å². The molecule has 0 amide bonds. The molecule has 144 valence electrons. The second-order valence-corrected chi connectivity index (χ2v) is 9.31. The van der Waals surface area contributed by atoms with E-state index in [1.807, 2.05) is 6.08 Å². The number of sulfone groups is 1. The Labute approximate surface area is 161 Å². The van der Waals surface area contributed by atoms with Crippen LogP contribution in [-0.2, 0) is 14.6 Å². The molecule has 2 rings (SSSR count). The molecule has 1 aromatic carbocycles. The first-order valence-electron chi connectivity index (χ1n) is 8.94. The van der Waals surface area contributed by atoms with Crippen molar-refractivity contribution in [2.75, 3.05) is 0 Å². The standard InChI is InChI=1S/C22H26O4S/c1-17(16-21(23)24)10-7-8-13-19-20(14-9-15-22(19,2)3)27(25,26)18-11-5-4-6-12-18/h4-8,10-13,16H,9,14-15H2,1-3H3,(H,23,24)/b10-7+,13-8+,17-16+. The molecule has 0 fully saturated rings. The molecule has 5 heteroatoms. The third-order valence-electron chi connectivity index (χ3n) is 4.70. The molecule has 0 atom stereocenters. The van der Waals surface area contributed by atoms with E-state index in [-0.39, 0.29) is 5.41 Å². The van der Waals surface area contributed by atoms with Crippen LogP contribution < -0.4 is 0 Å². The van der Waals surface area contributed by atoms with Gasteiger partial charge in [-0.05, 0) is 54.9 Å². The Hall–Kier alpha value is -2.40. The van der Waals surface area contributed by atoms with Crippen LogP contribution in [0.1, 0.15) is 40.0 Å². The number of hydrogen-bond donors (Lipinski definition) is 1. The van der Waals surface area contributed by atoms with Crippen LogP contribution in [0, 0.1) is 5.41 Å². The second kappa shape index (κ2) is 8.53. The van der Waals surface area contributed by atoms with E-state index in [1.54, 1.807) is 55.5 Å². The summed E-state index contributed by atoms with van der Waals surface area (Å²) in [6.07, 6.45) is 10.5. The van der Waals surface area contributed by atoms with Crippen molar-refractivity contribution in [3.63, 3.8) is 0 Å². The Morgan fingerprint density at radius 3 is 2.44 bits per heavy atom. The SMILES string of the molecule is CC(/C=C/C=C/C1=C(S(=O)(=O)c2ccccc2)CCCC1(C)C)=C\C(=O)O. The quantitative estimate of drug-likeness (QED) is 0.547. The predicted octanol–water partition coefficient (Wildman–Crippen LogP) is 5.07. The minimum atomic E-state index is -3.54. The summed E-state index contributed by atoms with van der Waals surface area (Å²) in [6.45, 7) is 5.82. The van der Waals surface area contributed by atoms with Gasteiger partial charge < -0.3 is 5.11 Å². The number of aliphatic carboxylic acids is 1. The molecule has 27 heavy (non-hydrogen) atoms. The van der Waals surface area contributed by atoms with E-state index in [0.717, 1.165) is 24.5 Å². The number of carbonyl (C=O) groups is 1. The molecule has 1 aromatic rings. The number of hydrogen-bond acceptors (Lipinski definition) is 3. The molecule has 1 N–H and O–H groups in total. The highest BCUT2D eigenvalue weighted by Gasteiger charge is 2.34. The summed E-state index contributed by atoms with van der Waals surface area (Å²) >= 11 is 0. The minimum Gasteiger partial charge on any atom is -0.478 e. The van der Waals surface area contributed by atoms with Crippen molar-refractivity contribution in [1.29, 1.82) is 0 Å². The first-order valence-corrected chi connectivity index (χ1v) is 10.4. The Balaban J connectivity index is 2.45. The first kappa shape index (κ1) is 20.9. The predicted molar refractivity (Wildman–Crippen MR) is 108 cm³/mol. The normalized spacial score (nSPS) is 18.4. The van der Waals surface area contributed by atoms with E-state index in [4.69, 9.17) is 5.11 Å². The molecule has 0 spiro atoms. The molecular formula is C22H26O4S. The molecule has 1 aliphatic rings. The smallest absolute Gasteiger partial charge is 0.328 e. The Morgan fingerprint density at radius 2 is 1.81 bits per heavy atom. The summed E-state index contributed by atoms with van der Waals surface area (Å²) in [5.41, 5.74) is 1.19. The second-order valence-electron chi connectivity index (χ2n) is 7.34. The molecule has 0 radical (unpaired) electrons. The van der Waals surface area contributed by atoms with Crippen LogP contribution in [0.15, 0.2) is 81.7 Å². The van der Waals surface area contributed by atoms with Gasteiger partial charge in [0.1, 0.15) is 0 Å². The van der Waals surface area contributed by atoms with Crippen LogP contribution in [0.25, 0.3) is 0 Å². The van der Waals surface area contributed by atoms with Gasteiger partial charge in [0, 0.05) is 6.08 Å². The molecule has 0 saturated heterocycles. The van der Waals surface area contributed by atoms with Crippen molar-refractivity contribution < 1.29 is 18.3 Å². The fourth-order valence-corrected chi connectivity index (χ4v) is 5.13. The molecule has 4 nitrogen and oxygen atoms in total. The van der Waals surface area contributed by atoms with Crippen molar-refractivity contribution in [3.05, 3.63) is 76.8 Å². The zero-order valence-corrected chi connectivity index (χ0v) is 16.8. The number of carboxylic acids is 1. The summed E-state index contributed by atoms with van der Waals surface area (Å²) < 4.78 is 26.3. The lowest BCUT2D eigenvalue weighted by atomic mass is 9.75. The lowest BCUT2D eigenvalue weighted by Gasteiger charge is -2.33. The van der Waals surface area contributed by atoms with Gasteiger partial charge in [-0.1, -0.05) is 56.4 Å². The van der Waals surface area contributed by atoms with Crippen LogP contribution in [0.3, 0.4) is 0 Å². The third kappa shape index (κ3) is 5.30. The highest BCUT2D eigenvalue weighted by atomic mass is 32.2. The molecule has 0 aliphatic heterocycles. The molecule has 0 unspecified atom stereocenters. The average Bonchev–Trinajstić information content (AvgIpc) is 2.59. The van der Waals surface area contributed by atoms with Gasteiger partial charge in [0.25, 0.3) is 0 Å². The Bertz CT molecular complexity index is 914. The maximum Gasteiger partial charge on any atom is 0.328 e. The zero-order chi connectivity index (χ0) is 20.1.